The van der Waals surface area contributed by atoms with Crippen molar-refractivity contribution >= 4 is 11.9 Å². The first-order valence-electron chi connectivity index (χ1n) is 10.2. The highest BCUT2D eigenvalue weighted by atomic mass is 19.4. The Bertz CT molecular complexity index is 662. The second-order valence-corrected chi connectivity index (χ2v) is 7.37. The second-order valence-electron chi connectivity index (χ2n) is 7.37. The van der Waals surface area contributed by atoms with Crippen LogP contribution in [0.3, 0.4) is 0 Å². The molecule has 0 aromatic carbocycles. The van der Waals surface area contributed by atoms with Crippen molar-refractivity contribution in [2.45, 2.75) is 45.0 Å². The lowest BCUT2D eigenvalue weighted by atomic mass is 10.1. The molecule has 2 heterocycles. The molecule has 8 nitrogen and oxygen atoms in total. The minimum atomic E-state index is -4.49. The monoisotopic (exact) mass is 431 g/mol. The lowest BCUT2D eigenvalue weighted by molar-refractivity contribution is -0.141. The molecule has 1 aliphatic heterocycles. The highest BCUT2D eigenvalue weighted by Gasteiger charge is 2.32. The molecule has 1 aromatic heterocycles. The van der Waals surface area contributed by atoms with Gasteiger partial charge in [-0.15, -0.1) is 0 Å². The number of nitrogens with one attached hydrogen (secondary N) is 3. The number of rotatable bonds is 9. The van der Waals surface area contributed by atoms with Crippen LogP contribution >= 0.6 is 0 Å². The van der Waals surface area contributed by atoms with Crippen molar-refractivity contribution in [3.63, 3.8) is 0 Å². The highest BCUT2D eigenvalue weighted by molar-refractivity contribution is 5.80. The first-order valence-corrected chi connectivity index (χ1v) is 10.2. The van der Waals surface area contributed by atoms with Gasteiger partial charge < -0.3 is 25.6 Å². The zero-order valence-corrected chi connectivity index (χ0v) is 17.8. The van der Waals surface area contributed by atoms with Crippen LogP contribution in [0.1, 0.15) is 32.4 Å². The Morgan fingerprint density at radius 1 is 1.30 bits per heavy atom. The van der Waals surface area contributed by atoms with E-state index < -0.39 is 11.9 Å². The van der Waals surface area contributed by atoms with Crippen molar-refractivity contribution in [1.29, 1.82) is 0 Å². The van der Waals surface area contributed by atoms with Gasteiger partial charge in [-0.2, -0.15) is 13.2 Å². The van der Waals surface area contributed by atoms with Crippen molar-refractivity contribution in [3.05, 3.63) is 18.0 Å². The molecule has 0 aliphatic carbocycles. The zero-order chi connectivity index (χ0) is 22.0. The SMILES string of the molecule is CN=C(NCCNc1nccc(C(F)(F)F)n1)NC1CCN(CCOC(C)C)CC1. The normalized spacial score (nSPS) is 16.7. The van der Waals surface area contributed by atoms with Crippen LogP contribution in [0.25, 0.3) is 0 Å². The molecule has 1 fully saturated rings. The molecule has 170 valence electrons. The molecular formula is C19H32F3N7O. The highest BCUT2D eigenvalue weighted by Crippen LogP contribution is 2.27. The van der Waals surface area contributed by atoms with Crippen molar-refractivity contribution in [1.82, 2.24) is 25.5 Å². The van der Waals surface area contributed by atoms with Crippen LogP contribution in [-0.2, 0) is 10.9 Å². The number of anilines is 1. The van der Waals surface area contributed by atoms with E-state index in [0.717, 1.165) is 51.3 Å². The third-order valence-corrected chi connectivity index (χ3v) is 4.66. The van der Waals surface area contributed by atoms with Crippen LogP contribution < -0.4 is 16.0 Å². The molecule has 11 heteroatoms. The first kappa shape index (κ1) is 24.1. The first-order chi connectivity index (χ1) is 14.3. The Balaban J connectivity index is 1.65. The van der Waals surface area contributed by atoms with Gasteiger partial charge in [-0.1, -0.05) is 0 Å². The van der Waals surface area contributed by atoms with E-state index in [9.17, 15) is 13.2 Å². The van der Waals surface area contributed by atoms with Crippen molar-refractivity contribution in [2.75, 3.05) is 51.7 Å². The molecule has 2 rings (SSSR count). The summed E-state index contributed by atoms with van der Waals surface area (Å²) in [6.07, 6.45) is -1.11. The molecule has 0 unspecified atom stereocenters. The fourth-order valence-corrected chi connectivity index (χ4v) is 3.06. The predicted octanol–water partition coefficient (Wildman–Crippen LogP) is 1.96. The maximum Gasteiger partial charge on any atom is 0.433 e. The minimum Gasteiger partial charge on any atom is -0.377 e. The minimum absolute atomic E-state index is 0.0524. The van der Waals surface area contributed by atoms with Gasteiger partial charge in [0.1, 0.15) is 5.69 Å². The molecule has 0 radical (unpaired) electrons. The number of hydrogen-bond donors (Lipinski definition) is 3. The summed E-state index contributed by atoms with van der Waals surface area (Å²) in [4.78, 5) is 13.9. The van der Waals surface area contributed by atoms with Crippen molar-refractivity contribution < 1.29 is 17.9 Å². The van der Waals surface area contributed by atoms with Crippen LogP contribution in [0.5, 0.6) is 0 Å². The summed E-state index contributed by atoms with van der Waals surface area (Å²) in [5.41, 5.74) is -0.965. The fourth-order valence-electron chi connectivity index (χ4n) is 3.06. The number of piperidine rings is 1. The Labute approximate surface area is 175 Å². The lowest BCUT2D eigenvalue weighted by Gasteiger charge is -2.33. The molecule has 0 bridgehead atoms. The van der Waals surface area contributed by atoms with Gasteiger partial charge in [0.15, 0.2) is 5.96 Å². The summed E-state index contributed by atoms with van der Waals surface area (Å²) in [5.74, 6) is 0.617. The van der Waals surface area contributed by atoms with E-state index in [1.807, 2.05) is 13.8 Å². The van der Waals surface area contributed by atoms with Crippen molar-refractivity contribution in [3.8, 4) is 0 Å². The van der Waals surface area contributed by atoms with Crippen LogP contribution in [0, 0.1) is 0 Å². The summed E-state index contributed by atoms with van der Waals surface area (Å²) in [5, 5.41) is 9.34. The molecule has 1 saturated heterocycles. The van der Waals surface area contributed by atoms with Crippen LogP contribution in [0.4, 0.5) is 19.1 Å². The van der Waals surface area contributed by atoms with Gasteiger partial charge in [-0.25, -0.2) is 9.97 Å². The average molecular weight is 432 g/mol. The van der Waals surface area contributed by atoms with E-state index in [4.69, 9.17) is 4.74 Å². The third kappa shape index (κ3) is 8.70. The number of guanidine groups is 1. The van der Waals surface area contributed by atoms with Gasteiger partial charge in [-0.3, -0.25) is 4.99 Å². The van der Waals surface area contributed by atoms with Gasteiger partial charge >= 0.3 is 6.18 Å². The fraction of sp³-hybridized carbons (Fsp3) is 0.737. The summed E-state index contributed by atoms with van der Waals surface area (Å²) in [6, 6.07) is 1.18. The number of likely N-dealkylation sites (tertiary alicyclic amines) is 1. The third-order valence-electron chi connectivity index (χ3n) is 4.66. The Morgan fingerprint density at radius 3 is 2.67 bits per heavy atom. The quantitative estimate of drug-likeness (QED) is 0.313. The second kappa shape index (κ2) is 11.9. The van der Waals surface area contributed by atoms with Crippen LogP contribution in [0.2, 0.25) is 0 Å². The van der Waals surface area contributed by atoms with Gasteiger partial charge in [0.2, 0.25) is 5.95 Å². The Hall–Kier alpha value is -2.14. The predicted molar refractivity (Wildman–Crippen MR) is 111 cm³/mol. The standard InChI is InChI=1S/C19H32F3N7O/c1-14(2)30-13-12-29-10-5-15(6-11-29)27-17(23-3)25-8-9-26-18-24-7-4-16(28-18)19(20,21)22/h4,7,14-15H,5-6,8-13H2,1-3H3,(H2,23,25,27)(H,24,26,28). The van der Waals surface area contributed by atoms with Gasteiger partial charge in [0.25, 0.3) is 0 Å². The Morgan fingerprint density at radius 2 is 2.03 bits per heavy atom. The van der Waals surface area contributed by atoms with Gasteiger partial charge in [0.05, 0.1) is 12.7 Å². The van der Waals surface area contributed by atoms with E-state index in [0.29, 0.717) is 25.1 Å². The maximum absolute atomic E-state index is 12.7. The summed E-state index contributed by atoms with van der Waals surface area (Å²) >= 11 is 0. The molecule has 0 saturated carbocycles. The number of aromatic nitrogens is 2. The molecule has 1 aliphatic rings. The summed E-state index contributed by atoms with van der Waals surface area (Å²) < 4.78 is 43.7. The molecule has 1 aromatic rings. The number of alkyl halides is 3. The topological polar surface area (TPSA) is 86.7 Å². The smallest absolute Gasteiger partial charge is 0.377 e. The van der Waals surface area contributed by atoms with Gasteiger partial charge in [0, 0.05) is 52.0 Å². The zero-order valence-electron chi connectivity index (χ0n) is 17.8. The van der Waals surface area contributed by atoms with E-state index in [1.165, 1.54) is 0 Å². The molecule has 3 N–H and O–H groups in total. The number of ether oxygens (including phenoxy) is 1. The largest absolute Gasteiger partial charge is 0.433 e. The van der Waals surface area contributed by atoms with E-state index >= 15 is 0 Å². The summed E-state index contributed by atoms with van der Waals surface area (Å²) in [6.45, 7) is 8.60. The molecule has 0 atom stereocenters. The van der Waals surface area contributed by atoms with Crippen LogP contribution in [-0.4, -0.2) is 79.4 Å². The molecule has 0 amide bonds. The molecule has 0 spiro atoms. The number of halogens is 3. The lowest BCUT2D eigenvalue weighted by Crippen LogP contribution is -2.49. The van der Waals surface area contributed by atoms with Crippen LogP contribution in [0.15, 0.2) is 17.3 Å². The van der Waals surface area contributed by atoms with Gasteiger partial charge in [-0.05, 0) is 32.8 Å². The van der Waals surface area contributed by atoms with E-state index in [1.54, 1.807) is 7.05 Å². The summed E-state index contributed by atoms with van der Waals surface area (Å²) in [7, 11) is 1.69. The molecule has 30 heavy (non-hydrogen) atoms. The maximum atomic E-state index is 12.7. The Kier molecular flexibility index (Phi) is 9.57. The number of aliphatic imine (C=N–C) groups is 1. The van der Waals surface area contributed by atoms with E-state index in [2.05, 4.69) is 35.8 Å². The average Bonchev–Trinajstić information content (AvgIpc) is 2.71. The van der Waals surface area contributed by atoms with E-state index in [-0.39, 0.29) is 12.1 Å². The molecular weight excluding hydrogens is 399 g/mol. The van der Waals surface area contributed by atoms with Crippen molar-refractivity contribution in [2.24, 2.45) is 4.99 Å². The number of hydrogen-bond acceptors (Lipinski definition) is 6. The number of nitrogens with zero attached hydrogens (tertiary/aromatic N) is 4.